The van der Waals surface area contributed by atoms with Crippen LogP contribution in [0.1, 0.15) is 22.5 Å². The van der Waals surface area contributed by atoms with Crippen molar-refractivity contribution < 1.29 is 4.79 Å². The van der Waals surface area contributed by atoms with E-state index in [1.165, 1.54) is 0 Å². The molecule has 0 unspecified atom stereocenters. The van der Waals surface area contributed by atoms with Gasteiger partial charge in [-0.15, -0.1) is 0 Å². The summed E-state index contributed by atoms with van der Waals surface area (Å²) in [5, 5.41) is 4.41. The summed E-state index contributed by atoms with van der Waals surface area (Å²) in [5.74, 6) is -0.125. The van der Waals surface area contributed by atoms with Gasteiger partial charge in [0, 0.05) is 11.4 Å². The van der Waals surface area contributed by atoms with Gasteiger partial charge < -0.3 is 5.32 Å². The van der Waals surface area contributed by atoms with E-state index in [9.17, 15) is 9.59 Å². The van der Waals surface area contributed by atoms with E-state index in [1.54, 1.807) is 12.1 Å². The van der Waals surface area contributed by atoms with E-state index >= 15 is 0 Å². The molecule has 3 rings (SSSR count). The first-order valence-electron chi connectivity index (χ1n) is 5.58. The largest absolute Gasteiger partial charge is 0.349 e. The van der Waals surface area contributed by atoms with Crippen LogP contribution in [-0.2, 0) is 0 Å². The summed E-state index contributed by atoms with van der Waals surface area (Å²) in [4.78, 5) is 24.2. The Kier molecular flexibility index (Phi) is 2.44. The Balaban J connectivity index is 2.05. The Bertz CT molecular complexity index is 643. The molecule has 0 bridgehead atoms. The van der Waals surface area contributed by atoms with Crippen molar-refractivity contribution in [3.63, 3.8) is 0 Å². The number of carbonyl (C=O) groups excluding carboxylic acids is 1. The zero-order valence-electron chi connectivity index (χ0n) is 9.10. The molecule has 1 N–H and O–H groups in total. The van der Waals surface area contributed by atoms with Crippen LogP contribution in [0.3, 0.4) is 0 Å². The molecule has 0 radical (unpaired) electrons. The van der Waals surface area contributed by atoms with Crippen molar-refractivity contribution in [2.24, 2.45) is 0 Å². The smallest absolute Gasteiger partial charge is 0.261 e. The molecule has 0 spiro atoms. The average molecular weight is 245 g/mol. The number of benzene rings is 1. The first-order valence-corrected chi connectivity index (χ1v) is 6.39. The summed E-state index contributed by atoms with van der Waals surface area (Å²) in [5.41, 5.74) is 0. The molecule has 17 heavy (non-hydrogen) atoms. The van der Waals surface area contributed by atoms with E-state index in [1.807, 2.05) is 18.2 Å². The molecule has 1 fully saturated rings. The third-order valence-corrected chi connectivity index (χ3v) is 3.73. The van der Waals surface area contributed by atoms with Crippen molar-refractivity contribution in [3.8, 4) is 0 Å². The Morgan fingerprint density at radius 1 is 1.29 bits per heavy atom. The Labute approximate surface area is 102 Å². The van der Waals surface area contributed by atoms with E-state index in [0.29, 0.717) is 16.3 Å². The van der Waals surface area contributed by atoms with Crippen molar-refractivity contribution in [3.05, 3.63) is 44.7 Å². The number of carbonyl (C=O) groups is 1. The third kappa shape index (κ3) is 2.08. The highest BCUT2D eigenvalue weighted by Crippen LogP contribution is 2.20. The van der Waals surface area contributed by atoms with Gasteiger partial charge in [0.1, 0.15) is 0 Å². The standard InChI is InChI=1S/C13H11NO2S/c15-12(14-9-5-6-9)11-7-8-3-1-2-4-10(8)13(16)17-11/h1-4,7,9H,5-6H2,(H,14,15). The summed E-state index contributed by atoms with van der Waals surface area (Å²) in [6.45, 7) is 0. The first-order chi connectivity index (χ1) is 8.24. The summed E-state index contributed by atoms with van der Waals surface area (Å²) in [6.07, 6.45) is 2.10. The monoisotopic (exact) mass is 245 g/mol. The molecule has 2 aromatic rings. The SMILES string of the molecule is O=C(NC1CC1)c1cc2ccccc2c(=O)s1. The minimum absolute atomic E-state index is 0.0518. The van der Waals surface area contributed by atoms with Gasteiger partial charge in [0.2, 0.25) is 4.74 Å². The Morgan fingerprint density at radius 2 is 2.06 bits per heavy atom. The maximum absolute atomic E-state index is 11.9. The number of amides is 1. The van der Waals surface area contributed by atoms with Crippen molar-refractivity contribution in [1.29, 1.82) is 0 Å². The van der Waals surface area contributed by atoms with Gasteiger partial charge in [-0.1, -0.05) is 29.5 Å². The zero-order valence-corrected chi connectivity index (χ0v) is 9.92. The van der Waals surface area contributed by atoms with Gasteiger partial charge in [0.05, 0.1) is 4.88 Å². The Hall–Kier alpha value is -1.68. The highest BCUT2D eigenvalue weighted by atomic mass is 32.1. The fraction of sp³-hybridized carbons (Fsp3) is 0.231. The molecule has 0 saturated heterocycles. The molecule has 0 atom stereocenters. The lowest BCUT2D eigenvalue weighted by molar-refractivity contribution is 0.0955. The fourth-order valence-electron chi connectivity index (χ4n) is 1.73. The minimum atomic E-state index is -0.125. The van der Waals surface area contributed by atoms with Crippen molar-refractivity contribution >= 4 is 28.0 Å². The second-order valence-electron chi connectivity index (χ2n) is 4.23. The molecule has 0 aliphatic heterocycles. The van der Waals surface area contributed by atoms with E-state index in [4.69, 9.17) is 0 Å². The van der Waals surface area contributed by atoms with Gasteiger partial charge in [-0.2, -0.15) is 0 Å². The van der Waals surface area contributed by atoms with Crippen LogP contribution in [0.2, 0.25) is 0 Å². The van der Waals surface area contributed by atoms with Gasteiger partial charge in [-0.3, -0.25) is 9.59 Å². The number of fused-ring (bicyclic) bond motifs is 1. The lowest BCUT2D eigenvalue weighted by Crippen LogP contribution is -2.25. The van der Waals surface area contributed by atoms with Gasteiger partial charge in [-0.05, 0) is 30.4 Å². The van der Waals surface area contributed by atoms with Crippen molar-refractivity contribution in [2.45, 2.75) is 18.9 Å². The average Bonchev–Trinajstić information content (AvgIpc) is 3.13. The van der Waals surface area contributed by atoms with Crippen LogP contribution in [0.4, 0.5) is 0 Å². The zero-order chi connectivity index (χ0) is 11.8. The molecule has 1 amide bonds. The quantitative estimate of drug-likeness (QED) is 0.881. The van der Waals surface area contributed by atoms with E-state index in [0.717, 1.165) is 29.6 Å². The predicted octanol–water partition coefficient (Wildman–Crippen LogP) is 2.15. The first kappa shape index (κ1) is 10.5. The molecule has 3 nitrogen and oxygen atoms in total. The summed E-state index contributed by atoms with van der Waals surface area (Å²) in [6, 6.07) is 9.46. The molecule has 1 aliphatic carbocycles. The van der Waals surface area contributed by atoms with Crippen molar-refractivity contribution in [2.75, 3.05) is 0 Å². The topological polar surface area (TPSA) is 46.2 Å². The van der Waals surface area contributed by atoms with Crippen LogP contribution in [0.5, 0.6) is 0 Å². The van der Waals surface area contributed by atoms with Gasteiger partial charge in [0.25, 0.3) is 5.91 Å². The van der Waals surface area contributed by atoms with Crippen molar-refractivity contribution in [1.82, 2.24) is 5.32 Å². The van der Waals surface area contributed by atoms with Crippen LogP contribution in [0, 0.1) is 0 Å². The lowest BCUT2D eigenvalue weighted by atomic mass is 10.2. The molecule has 1 heterocycles. The Morgan fingerprint density at radius 3 is 2.82 bits per heavy atom. The third-order valence-electron chi connectivity index (χ3n) is 2.81. The van der Waals surface area contributed by atoms with Crippen LogP contribution >= 0.6 is 11.3 Å². The van der Waals surface area contributed by atoms with E-state index < -0.39 is 0 Å². The highest BCUT2D eigenvalue weighted by Gasteiger charge is 2.24. The number of nitrogens with one attached hydrogen (secondary N) is 1. The molecule has 1 aromatic carbocycles. The molecule has 1 aromatic heterocycles. The van der Waals surface area contributed by atoms with Gasteiger partial charge >= 0.3 is 0 Å². The molecule has 1 aliphatic rings. The van der Waals surface area contributed by atoms with E-state index in [2.05, 4.69) is 5.32 Å². The molecular formula is C13H11NO2S. The molecule has 4 heteroatoms. The number of hydrogen-bond donors (Lipinski definition) is 1. The second-order valence-corrected chi connectivity index (χ2v) is 5.25. The lowest BCUT2D eigenvalue weighted by Gasteiger charge is -2.03. The predicted molar refractivity (Wildman–Crippen MR) is 68.6 cm³/mol. The fourth-order valence-corrected chi connectivity index (χ4v) is 2.56. The van der Waals surface area contributed by atoms with E-state index in [-0.39, 0.29) is 10.6 Å². The molecule has 1 saturated carbocycles. The summed E-state index contributed by atoms with van der Waals surface area (Å²) in [7, 11) is 0. The minimum Gasteiger partial charge on any atom is -0.349 e. The van der Waals surface area contributed by atoms with Crippen LogP contribution in [0.15, 0.2) is 35.1 Å². The number of rotatable bonds is 2. The maximum Gasteiger partial charge on any atom is 0.261 e. The normalized spacial score (nSPS) is 14.8. The summed E-state index contributed by atoms with van der Waals surface area (Å²) >= 11 is 1.02. The van der Waals surface area contributed by atoms with Gasteiger partial charge in [-0.25, -0.2) is 0 Å². The summed E-state index contributed by atoms with van der Waals surface area (Å²) < 4.78 is -0.0518. The molecule has 86 valence electrons. The highest BCUT2D eigenvalue weighted by molar-refractivity contribution is 7.12. The molecular weight excluding hydrogens is 234 g/mol. The van der Waals surface area contributed by atoms with Crippen LogP contribution < -0.4 is 10.1 Å². The number of hydrogen-bond acceptors (Lipinski definition) is 3. The van der Waals surface area contributed by atoms with Crippen LogP contribution in [0.25, 0.3) is 10.8 Å². The maximum atomic E-state index is 11.9. The second kappa shape index (κ2) is 3.96. The van der Waals surface area contributed by atoms with Crippen LogP contribution in [-0.4, -0.2) is 11.9 Å². The van der Waals surface area contributed by atoms with Gasteiger partial charge in [0.15, 0.2) is 0 Å².